The predicted molar refractivity (Wildman–Crippen MR) is 111 cm³/mol. The summed E-state index contributed by atoms with van der Waals surface area (Å²) in [5.41, 5.74) is 3.18. The summed E-state index contributed by atoms with van der Waals surface area (Å²) in [6.07, 6.45) is 4.44. The van der Waals surface area contributed by atoms with Crippen LogP contribution in [-0.2, 0) is 6.42 Å². The van der Waals surface area contributed by atoms with E-state index in [0.29, 0.717) is 19.6 Å². The minimum absolute atomic E-state index is 0.0306. The highest BCUT2D eigenvalue weighted by atomic mass is 19.1. The Morgan fingerprint density at radius 3 is 2.31 bits per heavy atom. The lowest BCUT2D eigenvalue weighted by Gasteiger charge is -2.36. The van der Waals surface area contributed by atoms with Gasteiger partial charge in [0.15, 0.2) is 0 Å². The number of nitrogens with one attached hydrogen (secondary N) is 1. The molecule has 2 heterocycles. The zero-order chi connectivity index (χ0) is 20.1. The van der Waals surface area contributed by atoms with E-state index in [9.17, 15) is 9.18 Å². The number of carbonyl (C=O) groups excluding carboxylic acids is 1. The Morgan fingerprint density at radius 2 is 1.66 bits per heavy atom. The SMILES string of the molecule is O=C(NCCc1ccc(-n2cccn2)cc1)N1CCN(c2ccc(F)cc2)CC1. The molecular formula is C22H24FN5O. The van der Waals surface area contributed by atoms with Gasteiger partial charge >= 0.3 is 6.03 Å². The van der Waals surface area contributed by atoms with Crippen molar-refractivity contribution in [2.45, 2.75) is 6.42 Å². The number of halogens is 1. The van der Waals surface area contributed by atoms with Crippen LogP contribution in [0.1, 0.15) is 5.56 Å². The zero-order valence-electron chi connectivity index (χ0n) is 16.2. The first kappa shape index (κ1) is 19.0. The molecule has 150 valence electrons. The van der Waals surface area contributed by atoms with Crippen LogP contribution < -0.4 is 10.2 Å². The lowest BCUT2D eigenvalue weighted by molar-refractivity contribution is 0.194. The van der Waals surface area contributed by atoms with Gasteiger partial charge in [0, 0.05) is 50.8 Å². The molecule has 2 amide bonds. The summed E-state index contributed by atoms with van der Waals surface area (Å²) in [4.78, 5) is 16.4. The first-order valence-corrected chi connectivity index (χ1v) is 9.81. The van der Waals surface area contributed by atoms with Crippen LogP contribution in [0.25, 0.3) is 5.69 Å². The predicted octanol–water partition coefficient (Wildman–Crippen LogP) is 3.09. The second-order valence-corrected chi connectivity index (χ2v) is 7.05. The van der Waals surface area contributed by atoms with Crippen LogP contribution in [0.15, 0.2) is 67.0 Å². The van der Waals surface area contributed by atoms with Crippen molar-refractivity contribution in [3.63, 3.8) is 0 Å². The van der Waals surface area contributed by atoms with Crippen LogP contribution in [0.5, 0.6) is 0 Å². The van der Waals surface area contributed by atoms with Crippen molar-refractivity contribution in [3.05, 3.63) is 78.4 Å². The van der Waals surface area contributed by atoms with Gasteiger partial charge in [-0.3, -0.25) is 0 Å². The molecule has 0 unspecified atom stereocenters. The van der Waals surface area contributed by atoms with Gasteiger partial charge in [-0.1, -0.05) is 12.1 Å². The van der Waals surface area contributed by atoms with E-state index < -0.39 is 0 Å². The molecule has 0 aliphatic carbocycles. The molecular weight excluding hydrogens is 369 g/mol. The molecule has 1 aliphatic heterocycles. The van der Waals surface area contributed by atoms with E-state index in [-0.39, 0.29) is 11.8 Å². The Labute approximate surface area is 169 Å². The third kappa shape index (κ3) is 4.74. The fourth-order valence-corrected chi connectivity index (χ4v) is 3.48. The number of hydrogen-bond acceptors (Lipinski definition) is 3. The van der Waals surface area contributed by atoms with Crippen LogP contribution in [0, 0.1) is 5.82 Å². The molecule has 0 saturated carbocycles. The minimum Gasteiger partial charge on any atom is -0.368 e. The van der Waals surface area contributed by atoms with Gasteiger partial charge in [-0.15, -0.1) is 0 Å². The molecule has 1 saturated heterocycles. The minimum atomic E-state index is -0.234. The lowest BCUT2D eigenvalue weighted by Crippen LogP contribution is -2.52. The molecule has 1 N–H and O–H groups in total. The number of urea groups is 1. The van der Waals surface area contributed by atoms with Gasteiger partial charge in [-0.05, 0) is 54.4 Å². The van der Waals surface area contributed by atoms with E-state index in [1.54, 1.807) is 18.3 Å². The molecule has 0 atom stereocenters. The Hall–Kier alpha value is -3.35. The van der Waals surface area contributed by atoms with Crippen molar-refractivity contribution in [3.8, 4) is 5.69 Å². The van der Waals surface area contributed by atoms with Crippen molar-refractivity contribution in [1.82, 2.24) is 20.0 Å². The number of carbonyl (C=O) groups is 1. The van der Waals surface area contributed by atoms with Gasteiger partial charge < -0.3 is 15.1 Å². The molecule has 1 aromatic heterocycles. The number of amides is 2. The third-order valence-electron chi connectivity index (χ3n) is 5.15. The zero-order valence-corrected chi connectivity index (χ0v) is 16.2. The van der Waals surface area contributed by atoms with Crippen molar-refractivity contribution in [2.24, 2.45) is 0 Å². The second kappa shape index (κ2) is 8.77. The summed E-state index contributed by atoms with van der Waals surface area (Å²) in [6, 6.07) is 16.5. The van der Waals surface area contributed by atoms with Crippen molar-refractivity contribution in [1.29, 1.82) is 0 Å². The van der Waals surface area contributed by atoms with Gasteiger partial charge in [0.25, 0.3) is 0 Å². The van der Waals surface area contributed by atoms with Gasteiger partial charge in [0.2, 0.25) is 0 Å². The van der Waals surface area contributed by atoms with E-state index in [2.05, 4.69) is 27.4 Å². The summed E-state index contributed by atoms with van der Waals surface area (Å²) >= 11 is 0. The van der Waals surface area contributed by atoms with E-state index in [1.807, 2.05) is 34.0 Å². The number of nitrogens with zero attached hydrogens (tertiary/aromatic N) is 4. The molecule has 1 aliphatic rings. The summed E-state index contributed by atoms with van der Waals surface area (Å²) in [5.74, 6) is -0.234. The highest BCUT2D eigenvalue weighted by molar-refractivity contribution is 5.74. The quantitative estimate of drug-likeness (QED) is 0.725. The van der Waals surface area contributed by atoms with Crippen LogP contribution in [0.3, 0.4) is 0 Å². The Morgan fingerprint density at radius 1 is 0.966 bits per heavy atom. The van der Waals surface area contributed by atoms with Crippen LogP contribution in [-0.4, -0.2) is 53.4 Å². The highest BCUT2D eigenvalue weighted by Crippen LogP contribution is 2.17. The number of piperazine rings is 1. The van der Waals surface area contributed by atoms with Gasteiger partial charge in [0.1, 0.15) is 5.82 Å². The van der Waals surface area contributed by atoms with E-state index in [4.69, 9.17) is 0 Å². The van der Waals surface area contributed by atoms with E-state index in [1.165, 1.54) is 17.7 Å². The Balaban J connectivity index is 1.21. The fraction of sp³-hybridized carbons (Fsp3) is 0.273. The average molecular weight is 393 g/mol. The largest absolute Gasteiger partial charge is 0.368 e. The topological polar surface area (TPSA) is 53.4 Å². The molecule has 29 heavy (non-hydrogen) atoms. The molecule has 4 rings (SSSR count). The number of hydrogen-bond donors (Lipinski definition) is 1. The lowest BCUT2D eigenvalue weighted by atomic mass is 10.1. The van der Waals surface area contributed by atoms with E-state index in [0.717, 1.165) is 30.9 Å². The summed E-state index contributed by atoms with van der Waals surface area (Å²) in [6.45, 7) is 3.39. The molecule has 2 aromatic carbocycles. The van der Waals surface area contributed by atoms with Crippen LogP contribution in [0.4, 0.5) is 14.9 Å². The molecule has 0 spiro atoms. The number of rotatable bonds is 5. The highest BCUT2D eigenvalue weighted by Gasteiger charge is 2.21. The summed E-state index contributed by atoms with van der Waals surface area (Å²) in [7, 11) is 0. The molecule has 1 fully saturated rings. The van der Waals surface area contributed by atoms with Crippen molar-refractivity contribution >= 4 is 11.7 Å². The maximum atomic E-state index is 13.1. The Kier molecular flexibility index (Phi) is 5.74. The van der Waals surface area contributed by atoms with Crippen LogP contribution >= 0.6 is 0 Å². The molecule has 0 radical (unpaired) electrons. The van der Waals surface area contributed by atoms with Gasteiger partial charge in [-0.2, -0.15) is 5.10 Å². The maximum Gasteiger partial charge on any atom is 0.317 e. The van der Waals surface area contributed by atoms with Crippen LogP contribution in [0.2, 0.25) is 0 Å². The Bertz CT molecular complexity index is 917. The van der Waals surface area contributed by atoms with Crippen molar-refractivity contribution in [2.75, 3.05) is 37.6 Å². The maximum absolute atomic E-state index is 13.1. The monoisotopic (exact) mass is 393 g/mol. The smallest absolute Gasteiger partial charge is 0.317 e. The fourth-order valence-electron chi connectivity index (χ4n) is 3.48. The number of benzene rings is 2. The number of aromatic nitrogens is 2. The van der Waals surface area contributed by atoms with Gasteiger partial charge in [-0.25, -0.2) is 13.9 Å². The van der Waals surface area contributed by atoms with Crippen molar-refractivity contribution < 1.29 is 9.18 Å². The van der Waals surface area contributed by atoms with Gasteiger partial charge in [0.05, 0.1) is 5.69 Å². The third-order valence-corrected chi connectivity index (χ3v) is 5.15. The first-order valence-electron chi connectivity index (χ1n) is 9.81. The second-order valence-electron chi connectivity index (χ2n) is 7.05. The first-order chi connectivity index (χ1) is 14.2. The van der Waals surface area contributed by atoms with E-state index >= 15 is 0 Å². The molecule has 7 heteroatoms. The molecule has 6 nitrogen and oxygen atoms in total. The molecule has 3 aromatic rings. The normalized spacial score (nSPS) is 14.1. The number of anilines is 1. The average Bonchev–Trinajstić information content (AvgIpc) is 3.30. The summed E-state index contributed by atoms with van der Waals surface area (Å²) in [5, 5.41) is 7.22. The standard InChI is InChI=1S/C22H24FN5O/c23-19-4-8-20(9-5-19)26-14-16-27(17-15-26)22(29)24-12-10-18-2-6-21(7-3-18)28-13-1-11-25-28/h1-9,11,13H,10,12,14-17H2,(H,24,29). The molecule has 0 bridgehead atoms. The summed E-state index contributed by atoms with van der Waals surface area (Å²) < 4.78 is 14.9.